The van der Waals surface area contributed by atoms with Gasteiger partial charge in [-0.3, -0.25) is 0 Å². The Morgan fingerprint density at radius 2 is 1.41 bits per heavy atom. The van der Waals surface area contributed by atoms with Crippen molar-refractivity contribution in [1.29, 1.82) is 0 Å². The Labute approximate surface area is 138 Å². The van der Waals surface area contributed by atoms with Gasteiger partial charge < -0.3 is 16.8 Å². The van der Waals surface area contributed by atoms with Crippen molar-refractivity contribution in [3.05, 3.63) is 94.2 Å². The number of hydrogen-bond acceptors (Lipinski definition) is 3. The third kappa shape index (κ3) is 2.67. The van der Waals surface area contributed by atoms with Crippen LogP contribution in [0, 0.1) is 0 Å². The van der Waals surface area contributed by atoms with Crippen LogP contribution in [-0.4, -0.2) is 5.66 Å². The minimum Gasteiger partial charge on any atom is -0.399 e. The molecule has 0 spiro atoms. The van der Waals surface area contributed by atoms with Crippen LogP contribution in [-0.2, 0) is 0 Å². The van der Waals surface area contributed by atoms with E-state index in [-0.39, 0.29) is 5.92 Å². The lowest BCUT2D eigenvalue weighted by Crippen LogP contribution is -2.60. The van der Waals surface area contributed by atoms with Gasteiger partial charge in [-0.15, -0.1) is 0 Å². The maximum atomic E-state index is 6.70. The van der Waals surface area contributed by atoms with E-state index in [9.17, 15) is 0 Å². The summed E-state index contributed by atoms with van der Waals surface area (Å²) in [4.78, 5) is 0. The zero-order valence-electron chi connectivity index (χ0n) is 12.0. The van der Waals surface area contributed by atoms with Crippen LogP contribution in [0.25, 0.3) is 0 Å². The molecule has 22 heavy (non-hydrogen) atoms. The van der Waals surface area contributed by atoms with Gasteiger partial charge in [-0.25, -0.2) is 0 Å². The smallest absolute Gasteiger partial charge is 0.137 e. The fourth-order valence-electron chi connectivity index (χ4n) is 2.84. The van der Waals surface area contributed by atoms with Crippen LogP contribution >= 0.6 is 15.9 Å². The Morgan fingerprint density at radius 1 is 0.909 bits per heavy atom. The topological polar surface area (TPSA) is 64.1 Å². The zero-order valence-corrected chi connectivity index (χ0v) is 13.6. The van der Waals surface area contributed by atoms with Gasteiger partial charge in [-0.05, 0) is 33.1 Å². The monoisotopic (exact) mass is 355 g/mol. The highest BCUT2D eigenvalue weighted by Gasteiger charge is 2.40. The molecule has 1 atom stereocenters. The summed E-state index contributed by atoms with van der Waals surface area (Å²) in [6.45, 7) is 0. The molecule has 1 aliphatic rings. The van der Waals surface area contributed by atoms with Gasteiger partial charge in [-0.1, -0.05) is 60.7 Å². The quantitative estimate of drug-likeness (QED) is 0.792. The van der Waals surface area contributed by atoms with Gasteiger partial charge in [0.05, 0.1) is 11.6 Å². The number of halogens is 1. The number of benzene rings is 2. The average molecular weight is 356 g/mol. The van der Waals surface area contributed by atoms with Crippen LogP contribution in [0.3, 0.4) is 0 Å². The van der Waals surface area contributed by atoms with Gasteiger partial charge in [0.15, 0.2) is 0 Å². The molecule has 0 aromatic heterocycles. The first-order chi connectivity index (χ1) is 10.6. The molecular formula is C18H18BrN3. The van der Waals surface area contributed by atoms with E-state index in [1.54, 1.807) is 0 Å². The minimum absolute atomic E-state index is 0.0944. The Morgan fingerprint density at radius 3 is 1.86 bits per heavy atom. The lowest BCUT2D eigenvalue weighted by atomic mass is 9.78. The van der Waals surface area contributed by atoms with Crippen molar-refractivity contribution in [3.63, 3.8) is 0 Å². The molecule has 2 aromatic carbocycles. The SMILES string of the molecule is NC1=CC(Br)=CNC1(N)C(c1ccccc1)c1ccccc1. The standard InChI is InChI=1S/C18H18BrN3/c19-15-11-16(20)18(21,22-12-15)17(13-7-3-1-4-8-13)14-9-5-2-6-10-14/h1-12,17,22H,20-21H2. The van der Waals surface area contributed by atoms with Crippen molar-refractivity contribution in [2.75, 3.05) is 0 Å². The van der Waals surface area contributed by atoms with Crippen LogP contribution in [0.2, 0.25) is 0 Å². The molecule has 0 saturated carbocycles. The highest BCUT2D eigenvalue weighted by atomic mass is 79.9. The first kappa shape index (κ1) is 14.9. The molecule has 2 aromatic rings. The number of hydrogen-bond donors (Lipinski definition) is 3. The molecule has 0 aliphatic carbocycles. The molecule has 5 N–H and O–H groups in total. The number of nitrogens with one attached hydrogen (secondary N) is 1. The molecule has 3 nitrogen and oxygen atoms in total. The van der Waals surface area contributed by atoms with Crippen LogP contribution in [0.5, 0.6) is 0 Å². The van der Waals surface area contributed by atoms with Gasteiger partial charge >= 0.3 is 0 Å². The van der Waals surface area contributed by atoms with Crippen LogP contribution in [0.4, 0.5) is 0 Å². The minimum atomic E-state index is -0.875. The predicted octanol–water partition coefficient (Wildman–Crippen LogP) is 3.16. The molecule has 3 rings (SSSR count). The Kier molecular flexibility index (Phi) is 4.05. The Balaban J connectivity index is 2.13. The molecule has 0 fully saturated rings. The third-order valence-corrected chi connectivity index (χ3v) is 4.40. The normalized spacial score (nSPS) is 21.0. The Bertz CT molecular complexity index is 670. The first-order valence-corrected chi connectivity index (χ1v) is 7.90. The van der Waals surface area contributed by atoms with E-state index >= 15 is 0 Å². The molecule has 1 heterocycles. The summed E-state index contributed by atoms with van der Waals surface area (Å²) in [7, 11) is 0. The molecule has 1 unspecified atom stereocenters. The highest BCUT2D eigenvalue weighted by Crippen LogP contribution is 2.37. The molecule has 0 radical (unpaired) electrons. The van der Waals surface area contributed by atoms with Crippen molar-refractivity contribution >= 4 is 15.9 Å². The summed E-state index contributed by atoms with van der Waals surface area (Å²) in [5.74, 6) is -0.0944. The Hall–Kier alpha value is -2.04. The van der Waals surface area contributed by atoms with E-state index in [1.807, 2.05) is 48.7 Å². The van der Waals surface area contributed by atoms with Gasteiger partial charge in [0, 0.05) is 10.7 Å². The number of rotatable bonds is 3. The number of dihydropyridines is 1. The second-order valence-corrected chi connectivity index (χ2v) is 6.31. The van der Waals surface area contributed by atoms with Gasteiger partial charge in [0.2, 0.25) is 0 Å². The largest absolute Gasteiger partial charge is 0.399 e. The summed E-state index contributed by atoms with van der Waals surface area (Å²) in [6, 6.07) is 20.4. The maximum absolute atomic E-state index is 6.70. The second kappa shape index (κ2) is 5.99. The fraction of sp³-hybridized carbons (Fsp3) is 0.111. The van der Waals surface area contributed by atoms with E-state index < -0.39 is 5.66 Å². The third-order valence-electron chi connectivity index (χ3n) is 3.94. The van der Waals surface area contributed by atoms with E-state index in [1.165, 1.54) is 0 Å². The van der Waals surface area contributed by atoms with E-state index in [4.69, 9.17) is 11.5 Å². The lowest BCUT2D eigenvalue weighted by molar-refractivity contribution is 0.387. The molecule has 0 bridgehead atoms. The molecule has 112 valence electrons. The lowest BCUT2D eigenvalue weighted by Gasteiger charge is -2.40. The maximum Gasteiger partial charge on any atom is 0.137 e. The van der Waals surface area contributed by atoms with Crippen molar-refractivity contribution in [3.8, 4) is 0 Å². The number of allylic oxidation sites excluding steroid dienone is 2. The van der Waals surface area contributed by atoms with Crippen molar-refractivity contribution < 1.29 is 0 Å². The summed E-state index contributed by atoms with van der Waals surface area (Å²) in [5, 5.41) is 3.27. The van der Waals surface area contributed by atoms with Crippen molar-refractivity contribution in [1.82, 2.24) is 5.32 Å². The van der Waals surface area contributed by atoms with Gasteiger partial charge in [0.1, 0.15) is 5.66 Å². The van der Waals surface area contributed by atoms with Crippen LogP contribution < -0.4 is 16.8 Å². The van der Waals surface area contributed by atoms with Crippen molar-refractivity contribution in [2.24, 2.45) is 11.5 Å². The van der Waals surface area contributed by atoms with E-state index in [0.29, 0.717) is 5.70 Å². The zero-order chi connectivity index (χ0) is 15.6. The van der Waals surface area contributed by atoms with Crippen LogP contribution in [0.15, 0.2) is 83.1 Å². The molecule has 4 heteroatoms. The molecule has 1 aliphatic heterocycles. The molecule has 0 amide bonds. The predicted molar refractivity (Wildman–Crippen MR) is 94.1 cm³/mol. The van der Waals surface area contributed by atoms with Gasteiger partial charge in [0.25, 0.3) is 0 Å². The molecular weight excluding hydrogens is 338 g/mol. The molecule has 0 saturated heterocycles. The summed E-state index contributed by atoms with van der Waals surface area (Å²) in [6.07, 6.45) is 3.70. The summed E-state index contributed by atoms with van der Waals surface area (Å²) >= 11 is 3.43. The first-order valence-electron chi connectivity index (χ1n) is 7.11. The van der Waals surface area contributed by atoms with Crippen molar-refractivity contribution in [2.45, 2.75) is 11.6 Å². The van der Waals surface area contributed by atoms with E-state index in [0.717, 1.165) is 15.6 Å². The van der Waals surface area contributed by atoms with E-state index in [2.05, 4.69) is 45.5 Å². The summed E-state index contributed by atoms with van der Waals surface area (Å²) in [5.41, 5.74) is 14.9. The van der Waals surface area contributed by atoms with Crippen LogP contribution in [0.1, 0.15) is 17.0 Å². The second-order valence-electron chi connectivity index (χ2n) is 5.40. The number of nitrogens with two attached hydrogens (primary N) is 2. The fourth-order valence-corrected chi connectivity index (χ4v) is 3.20. The highest BCUT2D eigenvalue weighted by molar-refractivity contribution is 9.11. The van der Waals surface area contributed by atoms with Gasteiger partial charge in [-0.2, -0.15) is 0 Å². The average Bonchev–Trinajstić information content (AvgIpc) is 2.54. The summed E-state index contributed by atoms with van der Waals surface area (Å²) < 4.78 is 0.881.